The van der Waals surface area contributed by atoms with Crippen LogP contribution in [0.4, 0.5) is 0 Å². The molecule has 2 unspecified atom stereocenters. The van der Waals surface area contributed by atoms with E-state index >= 15 is 0 Å². The zero-order valence-electron chi connectivity index (χ0n) is 19.2. The van der Waals surface area contributed by atoms with Crippen LogP contribution >= 0.6 is 0 Å². The molecular weight excluding hydrogens is 400 g/mol. The van der Waals surface area contributed by atoms with Crippen LogP contribution in [0.25, 0.3) is 0 Å². The van der Waals surface area contributed by atoms with Gasteiger partial charge in [-0.15, -0.1) is 0 Å². The van der Waals surface area contributed by atoms with Crippen molar-refractivity contribution in [2.45, 2.75) is 73.3 Å². The Hall–Kier alpha value is -2.44. The van der Waals surface area contributed by atoms with Gasteiger partial charge in [-0.3, -0.25) is 19.2 Å². The Morgan fingerprint density at radius 3 is 2.32 bits per heavy atom. The maximum absolute atomic E-state index is 13.5. The molecular formula is C24H32O7. The first-order valence-electron chi connectivity index (χ1n) is 10.9. The van der Waals surface area contributed by atoms with Crippen LogP contribution in [0.2, 0.25) is 0 Å². The van der Waals surface area contributed by atoms with Gasteiger partial charge in [0.05, 0.1) is 12.2 Å². The minimum Gasteiger partial charge on any atom is -0.507 e. The zero-order chi connectivity index (χ0) is 23.3. The average Bonchev–Trinajstić information content (AvgIpc) is 2.64. The molecule has 0 heterocycles. The van der Waals surface area contributed by atoms with E-state index in [2.05, 4.69) is 13.8 Å². The zero-order valence-corrected chi connectivity index (χ0v) is 19.2. The lowest BCUT2D eigenvalue weighted by atomic mass is 9.48. The summed E-state index contributed by atoms with van der Waals surface area (Å²) in [5.41, 5.74) is -0.261. The number of aliphatic hydroxyl groups is 1. The summed E-state index contributed by atoms with van der Waals surface area (Å²) in [6.07, 6.45) is 2.25. The Morgan fingerprint density at radius 1 is 1.10 bits per heavy atom. The lowest BCUT2D eigenvalue weighted by molar-refractivity contribution is -0.149. The summed E-state index contributed by atoms with van der Waals surface area (Å²) in [6, 6.07) is 0. The fourth-order valence-corrected chi connectivity index (χ4v) is 6.03. The van der Waals surface area contributed by atoms with Gasteiger partial charge in [0, 0.05) is 36.3 Å². The molecule has 170 valence electrons. The highest BCUT2D eigenvalue weighted by Gasteiger charge is 2.58. The Balaban J connectivity index is 2.21. The summed E-state index contributed by atoms with van der Waals surface area (Å²) in [6.45, 7) is 10.3. The van der Waals surface area contributed by atoms with Crippen molar-refractivity contribution in [2.24, 2.45) is 22.7 Å². The van der Waals surface area contributed by atoms with Crippen molar-refractivity contribution in [1.29, 1.82) is 0 Å². The summed E-state index contributed by atoms with van der Waals surface area (Å²) in [7, 11) is 0. The number of carbonyl (C=O) groups excluding carboxylic acids is 4. The molecule has 0 aromatic heterocycles. The van der Waals surface area contributed by atoms with Crippen LogP contribution in [0.5, 0.6) is 0 Å². The largest absolute Gasteiger partial charge is 0.507 e. The fraction of sp³-hybridized carbons (Fsp3) is 0.667. The highest BCUT2D eigenvalue weighted by Crippen LogP contribution is 2.61. The van der Waals surface area contributed by atoms with E-state index in [9.17, 15) is 24.3 Å². The van der Waals surface area contributed by atoms with E-state index in [-0.39, 0.29) is 40.4 Å². The minimum atomic E-state index is -0.809. The molecule has 0 aromatic carbocycles. The molecule has 0 spiro atoms. The van der Waals surface area contributed by atoms with E-state index in [1.807, 2.05) is 6.92 Å². The second kappa shape index (κ2) is 7.92. The average molecular weight is 433 g/mol. The number of allylic oxidation sites excluding steroid dienone is 1. The van der Waals surface area contributed by atoms with Gasteiger partial charge in [-0.25, -0.2) is 0 Å². The van der Waals surface area contributed by atoms with Crippen molar-refractivity contribution < 1.29 is 33.8 Å². The predicted molar refractivity (Wildman–Crippen MR) is 112 cm³/mol. The second-order valence-electron chi connectivity index (χ2n) is 10.1. The van der Waals surface area contributed by atoms with Crippen LogP contribution in [0.15, 0.2) is 22.5 Å². The molecule has 7 heteroatoms. The third kappa shape index (κ3) is 3.83. The van der Waals surface area contributed by atoms with E-state index in [1.165, 1.54) is 13.8 Å². The Bertz CT molecular complexity index is 907. The maximum atomic E-state index is 13.5. The third-order valence-corrected chi connectivity index (χ3v) is 7.37. The van der Waals surface area contributed by atoms with Gasteiger partial charge < -0.3 is 14.6 Å². The number of hydrogen-bond acceptors (Lipinski definition) is 7. The normalized spacial score (nSPS) is 31.0. The molecule has 0 aliphatic heterocycles. The van der Waals surface area contributed by atoms with Crippen molar-refractivity contribution in [3.8, 4) is 0 Å². The van der Waals surface area contributed by atoms with Crippen molar-refractivity contribution in [3.05, 3.63) is 22.5 Å². The summed E-state index contributed by atoms with van der Waals surface area (Å²) < 4.78 is 10.6. The summed E-state index contributed by atoms with van der Waals surface area (Å²) in [5.74, 6) is -3.43. The molecule has 0 amide bonds. The lowest BCUT2D eigenvalue weighted by Crippen LogP contribution is -2.53. The summed E-state index contributed by atoms with van der Waals surface area (Å²) in [4.78, 5) is 49.7. The molecule has 31 heavy (non-hydrogen) atoms. The number of rotatable bonds is 4. The second-order valence-corrected chi connectivity index (χ2v) is 10.1. The van der Waals surface area contributed by atoms with Crippen molar-refractivity contribution in [3.63, 3.8) is 0 Å². The Kier molecular flexibility index (Phi) is 5.93. The molecule has 3 aliphatic carbocycles. The van der Waals surface area contributed by atoms with Gasteiger partial charge in [-0.05, 0) is 30.6 Å². The van der Waals surface area contributed by atoms with Gasteiger partial charge in [0.25, 0.3) is 0 Å². The number of aliphatic hydroxyl groups excluding tert-OH is 1. The minimum absolute atomic E-state index is 0.0152. The predicted octanol–water partition coefficient (Wildman–Crippen LogP) is 3.61. The first kappa shape index (κ1) is 23.2. The first-order valence-corrected chi connectivity index (χ1v) is 10.9. The molecule has 3 aliphatic rings. The van der Waals surface area contributed by atoms with Crippen LogP contribution in [0.1, 0.15) is 67.2 Å². The molecule has 1 N–H and O–H groups in total. The number of hydrogen-bond donors (Lipinski definition) is 1. The van der Waals surface area contributed by atoms with E-state index < -0.39 is 40.9 Å². The molecule has 0 radical (unpaired) electrons. The van der Waals surface area contributed by atoms with E-state index in [0.717, 1.165) is 19.3 Å². The lowest BCUT2D eigenvalue weighted by Gasteiger charge is -2.56. The first-order chi connectivity index (χ1) is 14.3. The van der Waals surface area contributed by atoms with Crippen molar-refractivity contribution in [2.75, 3.05) is 6.61 Å². The van der Waals surface area contributed by atoms with Gasteiger partial charge in [0.2, 0.25) is 11.6 Å². The van der Waals surface area contributed by atoms with Gasteiger partial charge in [0.1, 0.15) is 11.9 Å². The van der Waals surface area contributed by atoms with Crippen LogP contribution in [0.3, 0.4) is 0 Å². The summed E-state index contributed by atoms with van der Waals surface area (Å²) >= 11 is 0. The van der Waals surface area contributed by atoms with Crippen LogP contribution < -0.4 is 0 Å². The number of carbonyl (C=O) groups is 4. The Morgan fingerprint density at radius 2 is 1.74 bits per heavy atom. The van der Waals surface area contributed by atoms with Crippen LogP contribution in [0, 0.1) is 22.7 Å². The highest BCUT2D eigenvalue weighted by atomic mass is 16.5. The SMILES string of the molecule is CC(=O)OCC(C)C1=C(O)C2=C(C(=O)C1=O)[C@@]1(C)CCCC(C)(C)[C@H]1CC2OC(C)=O. The van der Waals surface area contributed by atoms with Gasteiger partial charge >= 0.3 is 11.9 Å². The maximum Gasteiger partial charge on any atom is 0.303 e. The smallest absolute Gasteiger partial charge is 0.303 e. The Labute approximate surface area is 182 Å². The molecule has 1 fully saturated rings. The van der Waals surface area contributed by atoms with Crippen molar-refractivity contribution in [1.82, 2.24) is 0 Å². The quantitative estimate of drug-likeness (QED) is 0.411. The topological polar surface area (TPSA) is 107 Å². The molecule has 4 atom stereocenters. The van der Waals surface area contributed by atoms with Crippen LogP contribution in [-0.2, 0) is 28.7 Å². The third-order valence-electron chi connectivity index (χ3n) is 7.37. The monoisotopic (exact) mass is 432 g/mol. The van der Waals surface area contributed by atoms with Crippen molar-refractivity contribution >= 4 is 23.5 Å². The standard InChI is InChI=1S/C24H32O7/c1-12(11-30-13(2)25)17-20(27)18-15(31-14(3)26)10-16-23(4,5)8-7-9-24(16,6)19(18)22(29)21(17)28/h12,15-16,27H,7-11H2,1-6H3/t12?,15?,16-,24+/m1/s1. The fourth-order valence-electron chi connectivity index (χ4n) is 6.03. The molecule has 0 bridgehead atoms. The van der Waals surface area contributed by atoms with Gasteiger partial charge in [-0.1, -0.05) is 34.1 Å². The van der Waals surface area contributed by atoms with Gasteiger partial charge in [0.15, 0.2) is 0 Å². The number of esters is 2. The number of fused-ring (bicyclic) bond motifs is 2. The molecule has 0 saturated heterocycles. The molecule has 7 nitrogen and oxygen atoms in total. The molecule has 0 aromatic rings. The summed E-state index contributed by atoms with van der Waals surface area (Å²) in [5, 5.41) is 11.2. The van der Waals surface area contributed by atoms with E-state index in [1.54, 1.807) is 6.92 Å². The number of Topliss-reactive ketones (excluding diaryl/α,β-unsaturated/α-hetero) is 2. The van der Waals surface area contributed by atoms with Crippen LogP contribution in [-0.4, -0.2) is 41.3 Å². The molecule has 3 rings (SSSR count). The van der Waals surface area contributed by atoms with E-state index in [4.69, 9.17) is 9.47 Å². The number of ketones is 2. The highest BCUT2D eigenvalue weighted by molar-refractivity contribution is 6.50. The van der Waals surface area contributed by atoms with Gasteiger partial charge in [-0.2, -0.15) is 0 Å². The number of ether oxygens (including phenoxy) is 2. The van der Waals surface area contributed by atoms with E-state index in [0.29, 0.717) is 6.42 Å². The molecule has 1 saturated carbocycles.